The Bertz CT molecular complexity index is 587. The summed E-state index contributed by atoms with van der Waals surface area (Å²) in [5.41, 5.74) is 2.91. The molecule has 0 aliphatic carbocycles. The minimum absolute atomic E-state index is 0.224. The Kier molecular flexibility index (Phi) is 5.95. The summed E-state index contributed by atoms with van der Waals surface area (Å²) >= 11 is 0. The maximum Gasteiger partial charge on any atom is 0.276 e. The number of benzene rings is 1. The van der Waals surface area contributed by atoms with Crippen LogP contribution in [0.15, 0.2) is 46.4 Å². The van der Waals surface area contributed by atoms with Crippen LogP contribution in [0, 0.1) is 6.92 Å². The van der Waals surface area contributed by atoms with Gasteiger partial charge >= 0.3 is 0 Å². The van der Waals surface area contributed by atoms with Gasteiger partial charge in [0, 0.05) is 5.71 Å². The Morgan fingerprint density at radius 1 is 1.20 bits per heavy atom. The van der Waals surface area contributed by atoms with Gasteiger partial charge in [0.25, 0.3) is 10.0 Å². The van der Waals surface area contributed by atoms with E-state index in [-0.39, 0.29) is 4.90 Å². The van der Waals surface area contributed by atoms with Gasteiger partial charge < -0.3 is 0 Å². The molecule has 0 fully saturated rings. The zero-order valence-electron chi connectivity index (χ0n) is 12.3. The summed E-state index contributed by atoms with van der Waals surface area (Å²) in [6, 6.07) is 6.67. The van der Waals surface area contributed by atoms with Gasteiger partial charge in [0.1, 0.15) is 0 Å². The van der Waals surface area contributed by atoms with E-state index in [0.29, 0.717) is 0 Å². The molecule has 4 nitrogen and oxygen atoms in total. The van der Waals surface area contributed by atoms with Gasteiger partial charge in [-0.1, -0.05) is 23.3 Å². The average Bonchev–Trinajstić information content (AvgIpc) is 2.36. The summed E-state index contributed by atoms with van der Waals surface area (Å²) in [4.78, 5) is 2.49. The van der Waals surface area contributed by atoms with Crippen LogP contribution in [0.3, 0.4) is 0 Å². The highest BCUT2D eigenvalue weighted by Crippen LogP contribution is 2.10. The second kappa shape index (κ2) is 7.24. The summed E-state index contributed by atoms with van der Waals surface area (Å²) in [7, 11) is -3.57. The maximum atomic E-state index is 12.0. The van der Waals surface area contributed by atoms with Crippen molar-refractivity contribution in [1.82, 2.24) is 4.83 Å². The van der Waals surface area contributed by atoms with Crippen LogP contribution in [0.5, 0.6) is 0 Å². The predicted octanol–water partition coefficient (Wildman–Crippen LogP) is 3.40. The van der Waals surface area contributed by atoms with Crippen LogP contribution in [-0.4, -0.2) is 14.1 Å². The first-order valence-corrected chi connectivity index (χ1v) is 8.05. The Labute approximate surface area is 121 Å². The molecule has 0 saturated heterocycles. The zero-order valence-corrected chi connectivity index (χ0v) is 13.1. The first kappa shape index (κ1) is 16.4. The largest absolute Gasteiger partial charge is 0.276 e. The molecule has 1 rings (SSSR count). The molecule has 0 spiro atoms. The topological polar surface area (TPSA) is 58.5 Å². The third-order valence-corrected chi connectivity index (χ3v) is 4.05. The van der Waals surface area contributed by atoms with E-state index in [1.54, 1.807) is 24.3 Å². The normalized spacial score (nSPS) is 12.2. The number of nitrogens with zero attached hydrogens (tertiary/aromatic N) is 1. The van der Waals surface area contributed by atoms with E-state index in [1.807, 2.05) is 20.8 Å². The molecule has 1 aromatic rings. The fourth-order valence-electron chi connectivity index (χ4n) is 1.61. The van der Waals surface area contributed by atoms with Gasteiger partial charge in [-0.15, -0.1) is 6.58 Å². The van der Waals surface area contributed by atoms with E-state index in [2.05, 4.69) is 16.5 Å². The van der Waals surface area contributed by atoms with Gasteiger partial charge in [0.15, 0.2) is 0 Å². The van der Waals surface area contributed by atoms with Crippen LogP contribution in [0.4, 0.5) is 0 Å². The standard InChI is InChI=1S/C15H22N2O2S/c1-12(2)6-5-7-14(4)16-17-20(18,19)15-10-8-13(3)9-11-15/h8-11,17H,1,5-7H2,2-4H3/b16-14+. The maximum absolute atomic E-state index is 12.0. The SMILES string of the molecule is C=C(C)CCC/C(C)=N/NS(=O)(=O)c1ccc(C)cc1. The molecule has 0 atom stereocenters. The van der Waals surface area contributed by atoms with Crippen molar-refractivity contribution >= 4 is 15.7 Å². The van der Waals surface area contributed by atoms with Crippen molar-refractivity contribution in [3.8, 4) is 0 Å². The number of hydrogen-bond acceptors (Lipinski definition) is 3. The van der Waals surface area contributed by atoms with E-state index in [0.717, 1.165) is 36.1 Å². The fourth-order valence-corrected chi connectivity index (χ4v) is 2.49. The highest BCUT2D eigenvalue weighted by molar-refractivity contribution is 7.89. The van der Waals surface area contributed by atoms with Crippen molar-refractivity contribution in [3.05, 3.63) is 42.0 Å². The summed E-state index contributed by atoms with van der Waals surface area (Å²) in [5, 5.41) is 3.94. The molecule has 0 aliphatic rings. The molecule has 20 heavy (non-hydrogen) atoms. The van der Waals surface area contributed by atoms with Crippen LogP contribution in [0.2, 0.25) is 0 Å². The van der Waals surface area contributed by atoms with Gasteiger partial charge in [0.05, 0.1) is 4.90 Å². The molecule has 0 bridgehead atoms. The second-order valence-electron chi connectivity index (χ2n) is 5.07. The molecule has 110 valence electrons. The Morgan fingerprint density at radius 2 is 1.80 bits per heavy atom. The number of sulfonamides is 1. The highest BCUT2D eigenvalue weighted by atomic mass is 32.2. The number of rotatable bonds is 7. The smallest absolute Gasteiger partial charge is 0.200 e. The van der Waals surface area contributed by atoms with Crippen molar-refractivity contribution in [2.45, 2.75) is 44.9 Å². The molecular formula is C15H22N2O2S. The van der Waals surface area contributed by atoms with Crippen LogP contribution < -0.4 is 4.83 Å². The summed E-state index contributed by atoms with van der Waals surface area (Å²) in [6.07, 6.45) is 2.61. The van der Waals surface area contributed by atoms with Crippen LogP contribution in [-0.2, 0) is 10.0 Å². The quantitative estimate of drug-likeness (QED) is 0.476. The molecular weight excluding hydrogens is 272 g/mol. The van der Waals surface area contributed by atoms with Crippen molar-refractivity contribution in [1.29, 1.82) is 0 Å². The van der Waals surface area contributed by atoms with Crippen molar-refractivity contribution < 1.29 is 8.42 Å². The van der Waals surface area contributed by atoms with Gasteiger partial charge in [-0.3, -0.25) is 0 Å². The number of hydrogen-bond donors (Lipinski definition) is 1. The molecule has 0 amide bonds. The zero-order chi connectivity index (χ0) is 15.2. The lowest BCUT2D eigenvalue weighted by atomic mass is 10.1. The minimum atomic E-state index is -3.57. The molecule has 5 heteroatoms. The molecule has 0 saturated carbocycles. The van der Waals surface area contributed by atoms with Crippen LogP contribution in [0.25, 0.3) is 0 Å². The number of hydrazone groups is 1. The van der Waals surface area contributed by atoms with E-state index in [4.69, 9.17) is 0 Å². The van der Waals surface area contributed by atoms with Gasteiger partial charge in [-0.05, 0) is 52.2 Å². The Hall–Kier alpha value is -1.62. The number of allylic oxidation sites excluding steroid dienone is 1. The van der Waals surface area contributed by atoms with Crippen molar-refractivity contribution in [3.63, 3.8) is 0 Å². The van der Waals surface area contributed by atoms with Crippen LogP contribution in [0.1, 0.15) is 38.7 Å². The molecule has 0 radical (unpaired) electrons. The fraction of sp³-hybridized carbons (Fsp3) is 0.400. The lowest BCUT2D eigenvalue weighted by Gasteiger charge is -2.05. The summed E-state index contributed by atoms with van der Waals surface area (Å²) in [5.74, 6) is 0. The molecule has 1 N–H and O–H groups in total. The average molecular weight is 294 g/mol. The predicted molar refractivity (Wildman–Crippen MR) is 83.3 cm³/mol. The summed E-state index contributed by atoms with van der Waals surface area (Å²) < 4.78 is 24.0. The summed E-state index contributed by atoms with van der Waals surface area (Å²) in [6.45, 7) is 9.54. The lowest BCUT2D eigenvalue weighted by molar-refractivity contribution is 0.584. The monoisotopic (exact) mass is 294 g/mol. The van der Waals surface area contributed by atoms with Gasteiger partial charge in [-0.2, -0.15) is 13.5 Å². The van der Waals surface area contributed by atoms with Crippen molar-refractivity contribution in [2.24, 2.45) is 5.10 Å². The highest BCUT2D eigenvalue weighted by Gasteiger charge is 2.12. The van der Waals surface area contributed by atoms with Gasteiger partial charge in [-0.25, -0.2) is 4.83 Å². The van der Waals surface area contributed by atoms with E-state index < -0.39 is 10.0 Å². The molecule has 0 aliphatic heterocycles. The van der Waals surface area contributed by atoms with Crippen molar-refractivity contribution in [2.75, 3.05) is 0 Å². The van der Waals surface area contributed by atoms with Gasteiger partial charge in [0.2, 0.25) is 0 Å². The molecule has 0 unspecified atom stereocenters. The molecule has 0 heterocycles. The molecule has 1 aromatic carbocycles. The lowest BCUT2D eigenvalue weighted by Crippen LogP contribution is -2.19. The first-order chi connectivity index (χ1) is 9.31. The third kappa shape index (κ3) is 5.57. The first-order valence-electron chi connectivity index (χ1n) is 6.57. The Morgan fingerprint density at radius 3 is 2.35 bits per heavy atom. The van der Waals surface area contributed by atoms with E-state index in [9.17, 15) is 8.42 Å². The Balaban J connectivity index is 2.62. The number of nitrogens with one attached hydrogen (secondary N) is 1. The second-order valence-corrected chi connectivity index (χ2v) is 6.73. The minimum Gasteiger partial charge on any atom is -0.200 e. The van der Waals surface area contributed by atoms with Crippen LogP contribution >= 0.6 is 0 Å². The third-order valence-electron chi connectivity index (χ3n) is 2.83. The number of aryl methyl sites for hydroxylation is 1. The van der Waals surface area contributed by atoms with E-state index in [1.165, 1.54) is 0 Å². The van der Waals surface area contributed by atoms with E-state index >= 15 is 0 Å². The molecule has 0 aromatic heterocycles.